The molecule has 0 aliphatic heterocycles. The van der Waals surface area contributed by atoms with E-state index in [9.17, 15) is 0 Å². The number of halogens is 1. The lowest BCUT2D eigenvalue weighted by atomic mass is 9.61. The number of benzene rings is 1. The first-order chi connectivity index (χ1) is 10.0. The minimum Gasteiger partial charge on any atom is -0.188 e. The molecule has 0 amide bonds. The highest BCUT2D eigenvalue weighted by atomic mass is 35.5. The van der Waals surface area contributed by atoms with Gasteiger partial charge in [0, 0.05) is 22.3 Å². The molecular formula is C18H28BClN2. The van der Waals surface area contributed by atoms with E-state index in [1.807, 2.05) is 25.1 Å². The Labute approximate surface area is 141 Å². The second kappa shape index (κ2) is 7.46. The molecule has 120 valence electrons. The van der Waals surface area contributed by atoms with Crippen LogP contribution in [0.4, 0.5) is 0 Å². The predicted molar refractivity (Wildman–Crippen MR) is 102 cm³/mol. The number of hydrogen-bond acceptors (Lipinski definition) is 2. The average Bonchev–Trinajstić information content (AvgIpc) is 2.41. The summed E-state index contributed by atoms with van der Waals surface area (Å²) in [5.74, 6) is 0. The fraction of sp³-hybridized carbons (Fsp3) is 0.556. The van der Waals surface area contributed by atoms with Gasteiger partial charge < -0.3 is 0 Å². The van der Waals surface area contributed by atoms with Crippen molar-refractivity contribution in [2.75, 3.05) is 0 Å². The zero-order chi connectivity index (χ0) is 17.0. The predicted octanol–water partition coefficient (Wildman–Crippen LogP) is 5.03. The number of hydrogen-bond donors (Lipinski definition) is 0. The standard InChI is InChI=1S/C18H28BClN2/c1-14(17(2,3)4)21-22-16(18(5,6)7)13-19(20)15-11-9-8-10-12-15/h8-12H,13H2,1-7H3/b21-14+,22-16-. The van der Waals surface area contributed by atoms with Crippen LogP contribution in [0.25, 0.3) is 0 Å². The maximum atomic E-state index is 6.58. The quantitative estimate of drug-likeness (QED) is 0.422. The summed E-state index contributed by atoms with van der Waals surface area (Å²) >= 11 is 6.58. The first-order valence-electron chi connectivity index (χ1n) is 7.83. The molecule has 0 atom stereocenters. The highest BCUT2D eigenvalue weighted by Gasteiger charge is 2.25. The Balaban J connectivity index is 3.01. The van der Waals surface area contributed by atoms with Crippen molar-refractivity contribution in [1.82, 2.24) is 0 Å². The summed E-state index contributed by atoms with van der Waals surface area (Å²) in [6, 6.07) is 10.1. The van der Waals surface area contributed by atoms with Gasteiger partial charge in [-0.25, -0.2) is 0 Å². The molecule has 0 aromatic heterocycles. The lowest BCUT2D eigenvalue weighted by molar-refractivity contribution is 0.577. The zero-order valence-electron chi connectivity index (χ0n) is 14.9. The molecule has 0 spiro atoms. The van der Waals surface area contributed by atoms with Gasteiger partial charge in [-0.15, -0.1) is 0 Å². The van der Waals surface area contributed by atoms with Gasteiger partial charge in [-0.3, -0.25) is 0 Å². The molecule has 1 aromatic carbocycles. The summed E-state index contributed by atoms with van der Waals surface area (Å²) in [5.41, 5.74) is 3.16. The molecule has 0 heterocycles. The Morgan fingerprint density at radius 2 is 1.50 bits per heavy atom. The van der Waals surface area contributed by atoms with E-state index in [0.29, 0.717) is 6.32 Å². The van der Waals surface area contributed by atoms with Crippen LogP contribution in [0.3, 0.4) is 0 Å². The van der Waals surface area contributed by atoms with Crippen LogP contribution in [0, 0.1) is 10.8 Å². The van der Waals surface area contributed by atoms with E-state index in [4.69, 9.17) is 11.5 Å². The first-order valence-corrected chi connectivity index (χ1v) is 8.26. The van der Waals surface area contributed by atoms with Gasteiger partial charge >= 0.3 is 0 Å². The third-order valence-electron chi connectivity index (χ3n) is 3.81. The zero-order valence-corrected chi connectivity index (χ0v) is 15.7. The molecule has 0 fully saturated rings. The molecule has 0 radical (unpaired) electrons. The number of nitrogens with zero attached hydrogens (tertiary/aromatic N) is 2. The van der Waals surface area contributed by atoms with Crippen molar-refractivity contribution in [1.29, 1.82) is 0 Å². The largest absolute Gasteiger partial charge is 0.288 e. The highest BCUT2D eigenvalue weighted by molar-refractivity contribution is 7.15. The van der Waals surface area contributed by atoms with Crippen molar-refractivity contribution in [2.24, 2.45) is 21.0 Å². The van der Waals surface area contributed by atoms with Crippen LogP contribution < -0.4 is 5.46 Å². The van der Waals surface area contributed by atoms with E-state index in [0.717, 1.165) is 16.9 Å². The molecule has 0 aliphatic rings. The topological polar surface area (TPSA) is 24.7 Å². The molecule has 0 saturated heterocycles. The van der Waals surface area contributed by atoms with Crippen LogP contribution in [0.15, 0.2) is 40.5 Å². The summed E-state index contributed by atoms with van der Waals surface area (Å²) in [7, 11) is 0. The molecule has 22 heavy (non-hydrogen) atoms. The van der Waals surface area contributed by atoms with Crippen LogP contribution in [-0.2, 0) is 0 Å². The second-order valence-electron chi connectivity index (χ2n) is 7.81. The molecule has 4 heteroatoms. The summed E-state index contributed by atoms with van der Waals surface area (Å²) in [6.45, 7) is 14.9. The minimum absolute atomic E-state index is 0.0340. The molecule has 0 unspecified atom stereocenters. The van der Waals surface area contributed by atoms with Gasteiger partial charge in [0.05, 0.1) is 0 Å². The van der Waals surface area contributed by atoms with E-state index < -0.39 is 0 Å². The highest BCUT2D eigenvalue weighted by Crippen LogP contribution is 2.22. The fourth-order valence-electron chi connectivity index (χ4n) is 1.73. The first kappa shape index (κ1) is 19.0. The molecule has 1 rings (SSSR count). The molecule has 2 nitrogen and oxygen atoms in total. The van der Waals surface area contributed by atoms with Crippen molar-refractivity contribution in [3.63, 3.8) is 0 Å². The lowest BCUT2D eigenvalue weighted by Crippen LogP contribution is -2.31. The van der Waals surface area contributed by atoms with Gasteiger partial charge in [0.25, 0.3) is 6.13 Å². The summed E-state index contributed by atoms with van der Waals surface area (Å²) in [4.78, 5) is 0. The third kappa shape index (κ3) is 5.96. The van der Waals surface area contributed by atoms with Crippen LogP contribution >= 0.6 is 11.5 Å². The Morgan fingerprint density at radius 3 is 1.95 bits per heavy atom. The Bertz CT molecular complexity index is 536. The van der Waals surface area contributed by atoms with E-state index in [1.54, 1.807) is 0 Å². The van der Waals surface area contributed by atoms with Gasteiger partial charge in [0.15, 0.2) is 0 Å². The van der Waals surface area contributed by atoms with Gasteiger partial charge in [0.1, 0.15) is 0 Å². The average molecular weight is 319 g/mol. The molecule has 0 bridgehead atoms. The van der Waals surface area contributed by atoms with Gasteiger partial charge in [-0.05, 0) is 13.2 Å². The Kier molecular flexibility index (Phi) is 6.43. The van der Waals surface area contributed by atoms with Crippen LogP contribution in [-0.4, -0.2) is 17.6 Å². The number of rotatable bonds is 4. The van der Waals surface area contributed by atoms with Crippen molar-refractivity contribution in [3.05, 3.63) is 30.3 Å². The van der Waals surface area contributed by atoms with Crippen molar-refractivity contribution >= 4 is 34.5 Å². The molecular weight excluding hydrogens is 290 g/mol. The maximum absolute atomic E-state index is 6.58. The molecule has 0 saturated carbocycles. The van der Waals surface area contributed by atoms with Crippen LogP contribution in [0.5, 0.6) is 0 Å². The summed E-state index contributed by atoms with van der Waals surface area (Å²) < 4.78 is 0. The maximum Gasteiger partial charge on any atom is 0.288 e. The molecule has 0 aliphatic carbocycles. The van der Waals surface area contributed by atoms with E-state index in [2.05, 4.69) is 63.9 Å². The van der Waals surface area contributed by atoms with Crippen molar-refractivity contribution in [3.8, 4) is 0 Å². The summed E-state index contributed by atoms with van der Waals surface area (Å²) in [6.07, 6.45) is 0.625. The minimum atomic E-state index is -0.0793. The van der Waals surface area contributed by atoms with Crippen LogP contribution in [0.1, 0.15) is 48.5 Å². The van der Waals surface area contributed by atoms with Gasteiger partial charge in [-0.1, -0.05) is 77.3 Å². The third-order valence-corrected chi connectivity index (χ3v) is 4.21. The smallest absolute Gasteiger partial charge is 0.188 e. The van der Waals surface area contributed by atoms with Crippen molar-refractivity contribution in [2.45, 2.75) is 54.8 Å². The van der Waals surface area contributed by atoms with Gasteiger partial charge in [-0.2, -0.15) is 21.7 Å². The van der Waals surface area contributed by atoms with E-state index in [1.165, 1.54) is 0 Å². The van der Waals surface area contributed by atoms with Gasteiger partial charge in [0.2, 0.25) is 0 Å². The Morgan fingerprint density at radius 1 is 0.955 bits per heavy atom. The second-order valence-corrected chi connectivity index (χ2v) is 8.34. The molecule has 0 N–H and O–H groups in total. The van der Waals surface area contributed by atoms with E-state index in [-0.39, 0.29) is 17.0 Å². The Hall–Kier alpha value is -1.09. The van der Waals surface area contributed by atoms with Crippen LogP contribution in [0.2, 0.25) is 6.32 Å². The van der Waals surface area contributed by atoms with Crippen molar-refractivity contribution < 1.29 is 0 Å². The molecule has 1 aromatic rings. The van der Waals surface area contributed by atoms with E-state index >= 15 is 0 Å². The monoisotopic (exact) mass is 318 g/mol. The lowest BCUT2D eigenvalue weighted by Gasteiger charge is -2.22. The SMILES string of the molecule is C/C(=N\N=C(\CB(Cl)c1ccccc1)C(C)(C)C)C(C)(C)C. The summed E-state index contributed by atoms with van der Waals surface area (Å²) in [5, 5.41) is 9.00. The fourth-order valence-corrected chi connectivity index (χ4v) is 2.02. The normalized spacial score (nSPS) is 14.2.